The Bertz CT molecular complexity index is 392. The third-order valence-electron chi connectivity index (χ3n) is 4.27. The Morgan fingerprint density at radius 1 is 1.15 bits per heavy atom. The fraction of sp³-hybridized carbons (Fsp3) is 0.647. The lowest BCUT2D eigenvalue weighted by molar-refractivity contribution is 0.0304. The lowest BCUT2D eigenvalue weighted by Crippen LogP contribution is -2.29. The van der Waals surface area contributed by atoms with E-state index in [0.717, 1.165) is 19.7 Å². The highest BCUT2D eigenvalue weighted by molar-refractivity contribution is 8.00. The van der Waals surface area contributed by atoms with Gasteiger partial charge in [0.1, 0.15) is 0 Å². The van der Waals surface area contributed by atoms with Gasteiger partial charge in [0.15, 0.2) is 0 Å². The van der Waals surface area contributed by atoms with Crippen molar-refractivity contribution in [3.63, 3.8) is 0 Å². The molecule has 1 aliphatic carbocycles. The maximum atomic E-state index is 5.94. The Hall–Kier alpha value is -0.510. The third kappa shape index (κ3) is 4.00. The molecule has 1 unspecified atom stereocenters. The monoisotopic (exact) mass is 291 g/mol. The first-order valence-corrected chi connectivity index (χ1v) is 8.86. The molecule has 0 aromatic heterocycles. The highest BCUT2D eigenvalue weighted by Gasteiger charge is 2.21. The van der Waals surface area contributed by atoms with Crippen LogP contribution >= 0.6 is 11.8 Å². The normalized spacial score (nSPS) is 22.9. The molecule has 20 heavy (non-hydrogen) atoms. The quantitative estimate of drug-likeness (QED) is 0.809. The summed E-state index contributed by atoms with van der Waals surface area (Å²) in [7, 11) is 0. The minimum Gasteiger partial charge on any atom is -0.377 e. The molecule has 3 rings (SSSR count). The van der Waals surface area contributed by atoms with Crippen molar-refractivity contribution in [3.05, 3.63) is 29.8 Å². The molecule has 0 saturated heterocycles. The summed E-state index contributed by atoms with van der Waals surface area (Å²) in [6, 6.07) is 8.79. The summed E-state index contributed by atoms with van der Waals surface area (Å²) in [5.74, 6) is 0. The van der Waals surface area contributed by atoms with E-state index in [-0.39, 0.29) is 0 Å². The molecule has 2 aliphatic rings. The molecule has 110 valence electrons. The molecule has 1 saturated carbocycles. The van der Waals surface area contributed by atoms with E-state index in [9.17, 15) is 0 Å². The van der Waals surface area contributed by atoms with E-state index >= 15 is 0 Å². The third-order valence-corrected chi connectivity index (χ3v) is 5.59. The van der Waals surface area contributed by atoms with Crippen LogP contribution < -0.4 is 5.32 Å². The molecule has 1 atom stereocenters. The second-order valence-corrected chi connectivity index (χ2v) is 7.23. The number of hydrogen-bond donors (Lipinski definition) is 1. The standard InChI is InChI=1S/C17H25NOS/c1-2-7-15(8-3-1)19-11-10-18-13-16-12-14-6-4-5-9-17(14)20-16/h4-6,9,15-16,18H,1-3,7-8,10-13H2. The number of rotatable bonds is 6. The second-order valence-electron chi connectivity index (χ2n) is 5.89. The summed E-state index contributed by atoms with van der Waals surface area (Å²) >= 11 is 2.02. The van der Waals surface area contributed by atoms with Gasteiger partial charge in [-0.1, -0.05) is 37.5 Å². The van der Waals surface area contributed by atoms with Crippen LogP contribution in [-0.2, 0) is 11.2 Å². The molecular weight excluding hydrogens is 266 g/mol. The number of nitrogens with one attached hydrogen (secondary N) is 1. The van der Waals surface area contributed by atoms with Crippen molar-refractivity contribution >= 4 is 11.8 Å². The largest absolute Gasteiger partial charge is 0.377 e. The van der Waals surface area contributed by atoms with E-state index in [2.05, 4.69) is 29.6 Å². The van der Waals surface area contributed by atoms with Gasteiger partial charge in [-0.25, -0.2) is 0 Å². The van der Waals surface area contributed by atoms with Crippen molar-refractivity contribution in [1.29, 1.82) is 0 Å². The van der Waals surface area contributed by atoms with Crippen LogP contribution in [0.4, 0.5) is 0 Å². The minimum absolute atomic E-state index is 0.538. The number of benzene rings is 1. The van der Waals surface area contributed by atoms with Gasteiger partial charge in [0.05, 0.1) is 12.7 Å². The summed E-state index contributed by atoms with van der Waals surface area (Å²) in [6.45, 7) is 2.95. The smallest absolute Gasteiger partial charge is 0.0594 e. The number of thioether (sulfide) groups is 1. The summed E-state index contributed by atoms with van der Waals surface area (Å²) in [6.07, 6.45) is 8.40. The van der Waals surface area contributed by atoms with Crippen LogP contribution in [0.1, 0.15) is 37.7 Å². The van der Waals surface area contributed by atoms with Gasteiger partial charge in [-0.15, -0.1) is 11.8 Å². The topological polar surface area (TPSA) is 21.3 Å². The molecule has 1 heterocycles. The molecule has 1 fully saturated rings. The summed E-state index contributed by atoms with van der Waals surface area (Å²) < 4.78 is 5.94. The maximum absolute atomic E-state index is 5.94. The van der Waals surface area contributed by atoms with Crippen LogP contribution in [0.2, 0.25) is 0 Å². The lowest BCUT2D eigenvalue weighted by atomic mass is 9.98. The van der Waals surface area contributed by atoms with Gasteiger partial charge >= 0.3 is 0 Å². The van der Waals surface area contributed by atoms with Crippen molar-refractivity contribution in [2.45, 2.75) is 54.8 Å². The second kappa shape index (κ2) is 7.48. The predicted molar refractivity (Wildman–Crippen MR) is 85.5 cm³/mol. The average molecular weight is 291 g/mol. The van der Waals surface area contributed by atoms with Crippen molar-refractivity contribution in [2.75, 3.05) is 19.7 Å². The lowest BCUT2D eigenvalue weighted by Gasteiger charge is -2.22. The van der Waals surface area contributed by atoms with Gasteiger partial charge in [0.25, 0.3) is 0 Å². The number of fused-ring (bicyclic) bond motifs is 1. The van der Waals surface area contributed by atoms with E-state index in [4.69, 9.17) is 4.74 Å². The van der Waals surface area contributed by atoms with Gasteiger partial charge in [-0.2, -0.15) is 0 Å². The van der Waals surface area contributed by atoms with E-state index in [0.29, 0.717) is 11.4 Å². The van der Waals surface area contributed by atoms with Gasteiger partial charge in [0.2, 0.25) is 0 Å². The summed E-state index contributed by atoms with van der Waals surface area (Å²) in [5, 5.41) is 4.25. The molecule has 3 heteroatoms. The van der Waals surface area contributed by atoms with E-state index in [1.807, 2.05) is 11.8 Å². The number of ether oxygens (including phenoxy) is 1. The zero-order valence-electron chi connectivity index (χ0n) is 12.1. The van der Waals surface area contributed by atoms with Crippen LogP contribution in [0.3, 0.4) is 0 Å². The first-order valence-electron chi connectivity index (χ1n) is 7.99. The molecule has 0 spiro atoms. The summed E-state index contributed by atoms with van der Waals surface area (Å²) in [5.41, 5.74) is 1.52. The molecule has 0 bridgehead atoms. The van der Waals surface area contributed by atoms with Crippen molar-refractivity contribution < 1.29 is 4.74 Å². The van der Waals surface area contributed by atoms with E-state index < -0.39 is 0 Å². The van der Waals surface area contributed by atoms with Crippen molar-refractivity contribution in [1.82, 2.24) is 5.32 Å². The fourth-order valence-electron chi connectivity index (χ4n) is 3.16. The molecular formula is C17H25NOS. The van der Waals surface area contributed by atoms with Crippen LogP contribution in [-0.4, -0.2) is 31.1 Å². The van der Waals surface area contributed by atoms with Gasteiger partial charge in [-0.3, -0.25) is 0 Å². The van der Waals surface area contributed by atoms with Crippen LogP contribution in [0.15, 0.2) is 29.2 Å². The number of hydrogen-bond acceptors (Lipinski definition) is 3. The van der Waals surface area contributed by atoms with E-state index in [1.165, 1.54) is 49.0 Å². The SMILES string of the molecule is c1ccc2c(c1)CC(CNCCOC1CCCCC1)S2. The van der Waals surface area contributed by atoms with Crippen LogP contribution in [0.5, 0.6) is 0 Å². The zero-order valence-corrected chi connectivity index (χ0v) is 13.0. The molecule has 1 aromatic rings. The van der Waals surface area contributed by atoms with Crippen molar-refractivity contribution in [3.8, 4) is 0 Å². The molecule has 1 aromatic carbocycles. The maximum Gasteiger partial charge on any atom is 0.0594 e. The molecule has 2 nitrogen and oxygen atoms in total. The van der Waals surface area contributed by atoms with Crippen LogP contribution in [0.25, 0.3) is 0 Å². The first kappa shape index (κ1) is 14.4. The Kier molecular flexibility index (Phi) is 5.40. The van der Waals surface area contributed by atoms with E-state index in [1.54, 1.807) is 0 Å². The molecule has 0 radical (unpaired) electrons. The molecule has 1 N–H and O–H groups in total. The van der Waals surface area contributed by atoms with Crippen LogP contribution in [0, 0.1) is 0 Å². The molecule has 0 amide bonds. The Balaban J connectivity index is 1.28. The van der Waals surface area contributed by atoms with Gasteiger partial charge in [0, 0.05) is 23.2 Å². The van der Waals surface area contributed by atoms with Gasteiger partial charge in [-0.05, 0) is 30.9 Å². The predicted octanol–water partition coefficient (Wildman–Crippen LogP) is 3.64. The average Bonchev–Trinajstić information content (AvgIpc) is 2.90. The minimum atomic E-state index is 0.538. The van der Waals surface area contributed by atoms with Crippen molar-refractivity contribution in [2.24, 2.45) is 0 Å². The highest BCUT2D eigenvalue weighted by atomic mass is 32.2. The zero-order chi connectivity index (χ0) is 13.6. The Morgan fingerprint density at radius 3 is 2.85 bits per heavy atom. The first-order chi connectivity index (χ1) is 9.92. The van der Waals surface area contributed by atoms with Gasteiger partial charge < -0.3 is 10.1 Å². The fourth-order valence-corrected chi connectivity index (χ4v) is 4.44. The summed E-state index contributed by atoms with van der Waals surface area (Å²) in [4.78, 5) is 1.47. The Morgan fingerprint density at radius 2 is 2.00 bits per heavy atom. The Labute approximate surface area is 126 Å². The highest BCUT2D eigenvalue weighted by Crippen LogP contribution is 2.36. The molecule has 1 aliphatic heterocycles.